The summed E-state index contributed by atoms with van der Waals surface area (Å²) in [6.45, 7) is 0.536. The second-order valence-electron chi connectivity index (χ2n) is 5.08. The Hall–Kier alpha value is -2.82. The number of aliphatic carboxylic acids is 1. The lowest BCUT2D eigenvalue weighted by Gasteiger charge is -2.22. The van der Waals surface area contributed by atoms with Crippen LogP contribution < -0.4 is 4.74 Å². The van der Waals surface area contributed by atoms with Crippen LogP contribution in [0.4, 0.5) is 0 Å². The van der Waals surface area contributed by atoms with Gasteiger partial charge in [0.2, 0.25) is 0 Å². The first kappa shape index (κ1) is 16.5. The molecule has 0 unspecified atom stereocenters. The fourth-order valence-electron chi connectivity index (χ4n) is 2.20. The summed E-state index contributed by atoms with van der Waals surface area (Å²) in [7, 11) is 1.56. The molecule has 0 aromatic heterocycles. The molecule has 0 radical (unpaired) electrons. The van der Waals surface area contributed by atoms with Crippen LogP contribution in [-0.4, -0.2) is 35.5 Å². The van der Waals surface area contributed by atoms with Gasteiger partial charge in [0.15, 0.2) is 0 Å². The average Bonchev–Trinajstić information content (AvgIpc) is 2.59. The second-order valence-corrected chi connectivity index (χ2v) is 5.08. The maximum atomic E-state index is 12.7. The molecule has 5 nitrogen and oxygen atoms in total. The van der Waals surface area contributed by atoms with Gasteiger partial charge >= 0.3 is 5.97 Å². The van der Waals surface area contributed by atoms with Crippen molar-refractivity contribution in [3.05, 3.63) is 65.7 Å². The summed E-state index contributed by atoms with van der Waals surface area (Å²) < 4.78 is 5.08. The highest BCUT2D eigenvalue weighted by atomic mass is 16.5. The maximum absolute atomic E-state index is 12.7. The van der Waals surface area contributed by atoms with E-state index in [4.69, 9.17) is 9.84 Å². The highest BCUT2D eigenvalue weighted by molar-refractivity contribution is 5.94. The van der Waals surface area contributed by atoms with Gasteiger partial charge in [0.1, 0.15) is 5.75 Å². The minimum Gasteiger partial charge on any atom is -0.497 e. The van der Waals surface area contributed by atoms with E-state index >= 15 is 0 Å². The monoisotopic (exact) mass is 313 g/mol. The average molecular weight is 313 g/mol. The predicted molar refractivity (Wildman–Crippen MR) is 86.4 cm³/mol. The normalized spacial score (nSPS) is 10.1. The molecule has 5 heteroatoms. The number of nitrogens with zero attached hydrogens (tertiary/aromatic N) is 1. The van der Waals surface area contributed by atoms with Crippen LogP contribution in [0.25, 0.3) is 0 Å². The van der Waals surface area contributed by atoms with Gasteiger partial charge in [0.25, 0.3) is 5.91 Å². The van der Waals surface area contributed by atoms with Gasteiger partial charge in [0.05, 0.1) is 13.5 Å². The van der Waals surface area contributed by atoms with Crippen molar-refractivity contribution >= 4 is 11.9 Å². The summed E-state index contributed by atoms with van der Waals surface area (Å²) >= 11 is 0. The molecule has 0 saturated heterocycles. The highest BCUT2D eigenvalue weighted by Gasteiger charge is 2.17. The summed E-state index contributed by atoms with van der Waals surface area (Å²) in [5.41, 5.74) is 1.46. The van der Waals surface area contributed by atoms with Gasteiger partial charge in [-0.1, -0.05) is 30.3 Å². The number of rotatable bonds is 7. The number of ether oxygens (including phenoxy) is 1. The van der Waals surface area contributed by atoms with Gasteiger partial charge in [-0.2, -0.15) is 0 Å². The molecule has 0 saturated carbocycles. The molecule has 0 aliphatic rings. The Morgan fingerprint density at radius 1 is 1.04 bits per heavy atom. The second kappa shape index (κ2) is 7.98. The number of amides is 1. The summed E-state index contributed by atoms with van der Waals surface area (Å²) in [6, 6.07) is 16.3. The first-order valence-electron chi connectivity index (χ1n) is 7.29. The van der Waals surface area contributed by atoms with E-state index in [-0.39, 0.29) is 18.9 Å². The van der Waals surface area contributed by atoms with Crippen LogP contribution >= 0.6 is 0 Å². The molecule has 0 spiro atoms. The van der Waals surface area contributed by atoms with Gasteiger partial charge < -0.3 is 14.7 Å². The van der Waals surface area contributed by atoms with Gasteiger partial charge in [-0.25, -0.2) is 0 Å². The summed E-state index contributed by atoms with van der Waals surface area (Å²) in [5, 5.41) is 8.89. The lowest BCUT2D eigenvalue weighted by Crippen LogP contribution is -2.32. The van der Waals surface area contributed by atoms with Crippen molar-refractivity contribution in [1.82, 2.24) is 4.90 Å². The zero-order valence-corrected chi connectivity index (χ0v) is 12.9. The van der Waals surface area contributed by atoms with E-state index in [0.29, 0.717) is 17.9 Å². The first-order chi connectivity index (χ1) is 11.1. The van der Waals surface area contributed by atoms with Crippen LogP contribution in [-0.2, 0) is 11.3 Å². The number of carbonyl (C=O) groups is 2. The van der Waals surface area contributed by atoms with E-state index in [0.717, 1.165) is 5.56 Å². The molecule has 0 aliphatic carbocycles. The Labute approximate surface area is 135 Å². The number of carboxylic acid groups (broad SMARTS) is 1. The number of benzene rings is 2. The molecule has 2 aromatic carbocycles. The SMILES string of the molecule is COc1ccc(C(=O)N(CCC(=O)O)Cc2ccccc2)cc1. The molecule has 23 heavy (non-hydrogen) atoms. The summed E-state index contributed by atoms with van der Waals surface area (Å²) in [5.74, 6) is -0.454. The third kappa shape index (κ3) is 4.85. The van der Waals surface area contributed by atoms with E-state index in [1.54, 1.807) is 36.3 Å². The molecule has 0 bridgehead atoms. The number of hydrogen-bond acceptors (Lipinski definition) is 3. The lowest BCUT2D eigenvalue weighted by molar-refractivity contribution is -0.137. The zero-order valence-electron chi connectivity index (χ0n) is 12.9. The molecule has 0 heterocycles. The van der Waals surface area contributed by atoms with Crippen molar-refractivity contribution in [2.45, 2.75) is 13.0 Å². The Kier molecular flexibility index (Phi) is 5.74. The fourth-order valence-corrected chi connectivity index (χ4v) is 2.20. The minimum absolute atomic E-state index is 0.0886. The van der Waals surface area contributed by atoms with Crippen LogP contribution in [0.3, 0.4) is 0 Å². The van der Waals surface area contributed by atoms with Gasteiger partial charge in [0, 0.05) is 18.7 Å². The van der Waals surface area contributed by atoms with E-state index in [1.165, 1.54) is 0 Å². The van der Waals surface area contributed by atoms with Crippen LogP contribution in [0.1, 0.15) is 22.3 Å². The molecule has 0 aliphatic heterocycles. The molecule has 120 valence electrons. The van der Waals surface area contributed by atoms with E-state index < -0.39 is 5.97 Å². The predicted octanol–water partition coefficient (Wildman–Crippen LogP) is 2.81. The van der Waals surface area contributed by atoms with E-state index in [1.807, 2.05) is 30.3 Å². The van der Waals surface area contributed by atoms with Crippen molar-refractivity contribution in [2.75, 3.05) is 13.7 Å². The standard InChI is InChI=1S/C18H19NO4/c1-23-16-9-7-15(8-10-16)18(22)19(12-11-17(20)21)13-14-5-3-2-4-6-14/h2-10H,11-13H2,1H3,(H,20,21). The molecule has 1 amide bonds. The van der Waals surface area contributed by atoms with Crippen LogP contribution in [0.5, 0.6) is 5.75 Å². The van der Waals surface area contributed by atoms with E-state index in [2.05, 4.69) is 0 Å². The van der Waals surface area contributed by atoms with Crippen molar-refractivity contribution in [1.29, 1.82) is 0 Å². The van der Waals surface area contributed by atoms with Crippen molar-refractivity contribution < 1.29 is 19.4 Å². The molecule has 1 N–H and O–H groups in total. The lowest BCUT2D eigenvalue weighted by atomic mass is 10.1. The molecule has 2 rings (SSSR count). The van der Waals surface area contributed by atoms with Crippen molar-refractivity contribution in [2.24, 2.45) is 0 Å². The van der Waals surface area contributed by atoms with Crippen molar-refractivity contribution in [3.8, 4) is 5.75 Å². The zero-order chi connectivity index (χ0) is 16.7. The minimum atomic E-state index is -0.925. The van der Waals surface area contributed by atoms with Crippen LogP contribution in [0.2, 0.25) is 0 Å². The third-order valence-electron chi connectivity index (χ3n) is 3.44. The number of hydrogen-bond donors (Lipinski definition) is 1. The Balaban J connectivity index is 2.16. The largest absolute Gasteiger partial charge is 0.497 e. The Bertz CT molecular complexity index is 652. The summed E-state index contributed by atoms with van der Waals surface area (Å²) in [4.78, 5) is 25.0. The van der Waals surface area contributed by atoms with Gasteiger partial charge in [-0.15, -0.1) is 0 Å². The Morgan fingerprint density at radius 2 is 1.70 bits per heavy atom. The maximum Gasteiger partial charge on any atom is 0.305 e. The number of carbonyl (C=O) groups excluding carboxylic acids is 1. The highest BCUT2D eigenvalue weighted by Crippen LogP contribution is 2.15. The Morgan fingerprint density at radius 3 is 2.26 bits per heavy atom. The van der Waals surface area contributed by atoms with Gasteiger partial charge in [-0.05, 0) is 29.8 Å². The quantitative estimate of drug-likeness (QED) is 0.853. The molecule has 2 aromatic rings. The molecule has 0 atom stereocenters. The van der Waals surface area contributed by atoms with Crippen LogP contribution in [0.15, 0.2) is 54.6 Å². The van der Waals surface area contributed by atoms with Crippen LogP contribution in [0, 0.1) is 0 Å². The third-order valence-corrected chi connectivity index (χ3v) is 3.44. The smallest absolute Gasteiger partial charge is 0.305 e. The first-order valence-corrected chi connectivity index (χ1v) is 7.29. The molecular weight excluding hydrogens is 294 g/mol. The number of methoxy groups -OCH3 is 1. The van der Waals surface area contributed by atoms with Crippen molar-refractivity contribution in [3.63, 3.8) is 0 Å². The molecular formula is C18H19NO4. The number of carboxylic acids is 1. The summed E-state index contributed by atoms with van der Waals surface area (Å²) in [6.07, 6.45) is -0.0886. The molecule has 0 fully saturated rings. The topological polar surface area (TPSA) is 66.8 Å². The van der Waals surface area contributed by atoms with Gasteiger partial charge in [-0.3, -0.25) is 9.59 Å². The van der Waals surface area contributed by atoms with E-state index in [9.17, 15) is 9.59 Å². The fraction of sp³-hybridized carbons (Fsp3) is 0.222.